The van der Waals surface area contributed by atoms with E-state index < -0.39 is 0 Å². The maximum absolute atomic E-state index is 11.9. The van der Waals surface area contributed by atoms with Gasteiger partial charge >= 0.3 is 0 Å². The molecule has 110 valence electrons. The number of benzene rings is 1. The number of hydrogen-bond donors (Lipinski definition) is 1. The zero-order valence-electron chi connectivity index (χ0n) is 12.0. The summed E-state index contributed by atoms with van der Waals surface area (Å²) in [7, 11) is 0. The number of thioether (sulfide) groups is 1. The Bertz CT molecular complexity index is 597. The van der Waals surface area contributed by atoms with Gasteiger partial charge in [0.05, 0.1) is 15.8 Å². The number of halogens is 1. The monoisotopic (exact) mass is 320 g/mol. The van der Waals surface area contributed by atoms with Crippen LogP contribution in [0, 0.1) is 0 Å². The molecule has 0 spiro atoms. The van der Waals surface area contributed by atoms with Gasteiger partial charge < -0.3 is 5.32 Å². The summed E-state index contributed by atoms with van der Waals surface area (Å²) in [5.74, 6) is 0.760. The first-order valence-electron chi connectivity index (χ1n) is 6.69. The molecule has 0 fully saturated rings. The highest BCUT2D eigenvalue weighted by Gasteiger charge is 2.05. The third kappa shape index (κ3) is 5.06. The molecule has 0 bridgehead atoms. The quantitative estimate of drug-likeness (QED) is 0.819. The number of nitrogens with zero attached hydrogens (tertiary/aromatic N) is 1. The van der Waals surface area contributed by atoms with E-state index in [4.69, 9.17) is 11.6 Å². The molecule has 2 rings (SSSR count). The Morgan fingerprint density at radius 2 is 1.95 bits per heavy atom. The van der Waals surface area contributed by atoms with E-state index in [2.05, 4.69) is 24.1 Å². The van der Waals surface area contributed by atoms with Gasteiger partial charge in [-0.25, -0.2) is 4.98 Å². The fourth-order valence-corrected chi connectivity index (χ4v) is 2.49. The van der Waals surface area contributed by atoms with Crippen molar-refractivity contribution >= 4 is 35.0 Å². The van der Waals surface area contributed by atoms with Crippen molar-refractivity contribution in [2.45, 2.75) is 24.8 Å². The molecule has 0 atom stereocenters. The van der Waals surface area contributed by atoms with Crippen molar-refractivity contribution in [2.75, 3.05) is 11.1 Å². The minimum Gasteiger partial charge on any atom is -0.325 e. The topological polar surface area (TPSA) is 42.0 Å². The van der Waals surface area contributed by atoms with Gasteiger partial charge in [0.2, 0.25) is 5.91 Å². The fraction of sp³-hybridized carbons (Fsp3) is 0.250. The number of pyridine rings is 1. The molecular weight excluding hydrogens is 304 g/mol. The molecular formula is C16H17ClN2OS. The van der Waals surface area contributed by atoms with Crippen LogP contribution < -0.4 is 5.32 Å². The van der Waals surface area contributed by atoms with Gasteiger partial charge in [-0.2, -0.15) is 0 Å². The SMILES string of the molecule is CC(C)c1ccc(NC(=O)CSc2ccc(Cl)cn2)cc1. The van der Waals surface area contributed by atoms with E-state index in [-0.39, 0.29) is 5.91 Å². The Balaban J connectivity index is 1.85. The minimum absolute atomic E-state index is 0.0472. The maximum atomic E-state index is 11.9. The molecule has 2 aromatic rings. The highest BCUT2D eigenvalue weighted by Crippen LogP contribution is 2.19. The summed E-state index contributed by atoms with van der Waals surface area (Å²) in [5, 5.41) is 4.25. The molecule has 0 aliphatic carbocycles. The molecule has 1 aromatic carbocycles. The molecule has 1 aromatic heterocycles. The number of amides is 1. The summed E-state index contributed by atoms with van der Waals surface area (Å²) in [5.41, 5.74) is 2.07. The molecule has 5 heteroatoms. The van der Waals surface area contributed by atoms with Crippen molar-refractivity contribution in [3.63, 3.8) is 0 Å². The molecule has 0 aliphatic rings. The summed E-state index contributed by atoms with van der Waals surface area (Å²) >= 11 is 7.15. The van der Waals surface area contributed by atoms with Gasteiger partial charge in [-0.15, -0.1) is 0 Å². The molecule has 0 saturated carbocycles. The van der Waals surface area contributed by atoms with Crippen molar-refractivity contribution in [1.29, 1.82) is 0 Å². The molecule has 0 saturated heterocycles. The van der Waals surface area contributed by atoms with Crippen molar-refractivity contribution in [3.8, 4) is 0 Å². The number of carbonyl (C=O) groups excluding carboxylic acids is 1. The summed E-state index contributed by atoms with van der Waals surface area (Å²) < 4.78 is 0. The first-order chi connectivity index (χ1) is 10.0. The molecule has 3 nitrogen and oxygen atoms in total. The lowest BCUT2D eigenvalue weighted by atomic mass is 10.0. The van der Waals surface area contributed by atoms with Crippen molar-refractivity contribution in [3.05, 3.63) is 53.2 Å². The second-order valence-corrected chi connectivity index (χ2v) is 6.36. The van der Waals surface area contributed by atoms with Crippen LogP contribution in [0.1, 0.15) is 25.3 Å². The third-order valence-corrected chi connectivity index (χ3v) is 4.08. The number of anilines is 1. The lowest BCUT2D eigenvalue weighted by Crippen LogP contribution is -2.14. The standard InChI is InChI=1S/C16H17ClN2OS/c1-11(2)12-3-6-14(7-4-12)19-15(20)10-21-16-8-5-13(17)9-18-16/h3-9,11H,10H2,1-2H3,(H,19,20). The van der Waals surface area contributed by atoms with Gasteiger partial charge in [-0.3, -0.25) is 4.79 Å². The molecule has 0 aliphatic heterocycles. The molecule has 0 radical (unpaired) electrons. The van der Waals surface area contributed by atoms with Gasteiger partial charge in [0.1, 0.15) is 0 Å². The van der Waals surface area contributed by atoms with E-state index in [9.17, 15) is 4.79 Å². The highest BCUT2D eigenvalue weighted by molar-refractivity contribution is 7.99. The first-order valence-corrected chi connectivity index (χ1v) is 8.05. The largest absolute Gasteiger partial charge is 0.325 e. The predicted molar refractivity (Wildman–Crippen MR) is 89.1 cm³/mol. The molecule has 1 heterocycles. The number of hydrogen-bond acceptors (Lipinski definition) is 3. The molecule has 0 unspecified atom stereocenters. The average Bonchev–Trinajstić information content (AvgIpc) is 2.47. The Kier molecular flexibility index (Phi) is 5.65. The second kappa shape index (κ2) is 7.48. The van der Waals surface area contributed by atoms with E-state index in [0.29, 0.717) is 16.7 Å². The first kappa shape index (κ1) is 15.9. The van der Waals surface area contributed by atoms with Crippen LogP contribution in [0.2, 0.25) is 5.02 Å². The van der Waals surface area contributed by atoms with Gasteiger partial charge in [-0.1, -0.05) is 49.3 Å². The van der Waals surface area contributed by atoms with Gasteiger partial charge in [0.15, 0.2) is 0 Å². The number of rotatable bonds is 5. The van der Waals surface area contributed by atoms with Crippen molar-refractivity contribution in [1.82, 2.24) is 4.98 Å². The lowest BCUT2D eigenvalue weighted by Gasteiger charge is -2.08. The second-order valence-electron chi connectivity index (χ2n) is 4.93. The Morgan fingerprint density at radius 3 is 2.52 bits per heavy atom. The van der Waals surface area contributed by atoms with E-state index >= 15 is 0 Å². The maximum Gasteiger partial charge on any atom is 0.234 e. The predicted octanol–water partition coefficient (Wildman–Crippen LogP) is 4.59. The number of aromatic nitrogens is 1. The van der Waals surface area contributed by atoms with E-state index in [1.807, 2.05) is 24.3 Å². The molecule has 1 amide bonds. The Labute approximate surface area is 134 Å². The van der Waals surface area contributed by atoms with Crippen LogP contribution in [-0.4, -0.2) is 16.6 Å². The Morgan fingerprint density at radius 1 is 1.24 bits per heavy atom. The van der Waals surface area contributed by atoms with Crippen LogP contribution in [0.5, 0.6) is 0 Å². The molecule has 1 N–H and O–H groups in total. The van der Waals surface area contributed by atoms with Gasteiger partial charge in [-0.05, 0) is 35.7 Å². The summed E-state index contributed by atoms with van der Waals surface area (Å²) in [6.07, 6.45) is 1.58. The lowest BCUT2D eigenvalue weighted by molar-refractivity contribution is -0.113. The van der Waals surface area contributed by atoms with Crippen LogP contribution in [-0.2, 0) is 4.79 Å². The summed E-state index contributed by atoms with van der Waals surface area (Å²) in [6, 6.07) is 11.5. The average molecular weight is 321 g/mol. The van der Waals surface area contributed by atoms with Crippen LogP contribution >= 0.6 is 23.4 Å². The van der Waals surface area contributed by atoms with E-state index in [1.54, 1.807) is 18.3 Å². The van der Waals surface area contributed by atoms with E-state index in [0.717, 1.165) is 10.7 Å². The number of nitrogens with one attached hydrogen (secondary N) is 1. The highest BCUT2D eigenvalue weighted by atomic mass is 35.5. The zero-order valence-corrected chi connectivity index (χ0v) is 13.5. The van der Waals surface area contributed by atoms with Gasteiger partial charge in [0, 0.05) is 11.9 Å². The summed E-state index contributed by atoms with van der Waals surface area (Å²) in [6.45, 7) is 4.28. The zero-order chi connectivity index (χ0) is 15.2. The van der Waals surface area contributed by atoms with Crippen LogP contribution in [0.4, 0.5) is 5.69 Å². The Hall–Kier alpha value is -1.52. The van der Waals surface area contributed by atoms with Crippen LogP contribution in [0.3, 0.4) is 0 Å². The molecule has 21 heavy (non-hydrogen) atoms. The smallest absolute Gasteiger partial charge is 0.234 e. The van der Waals surface area contributed by atoms with E-state index in [1.165, 1.54) is 17.3 Å². The van der Waals surface area contributed by atoms with Crippen LogP contribution in [0.25, 0.3) is 0 Å². The fourth-order valence-electron chi connectivity index (χ4n) is 1.74. The van der Waals surface area contributed by atoms with Crippen molar-refractivity contribution < 1.29 is 4.79 Å². The minimum atomic E-state index is -0.0472. The normalized spacial score (nSPS) is 10.7. The third-order valence-electron chi connectivity index (χ3n) is 2.91. The van der Waals surface area contributed by atoms with Crippen molar-refractivity contribution in [2.24, 2.45) is 0 Å². The summed E-state index contributed by atoms with van der Waals surface area (Å²) in [4.78, 5) is 16.0. The number of carbonyl (C=O) groups is 1. The van der Waals surface area contributed by atoms with Crippen LogP contribution in [0.15, 0.2) is 47.6 Å². The van der Waals surface area contributed by atoms with Gasteiger partial charge in [0.25, 0.3) is 0 Å².